The lowest BCUT2D eigenvalue weighted by Crippen LogP contribution is -1.98. The van der Waals surface area contributed by atoms with E-state index in [1.54, 1.807) is 12.2 Å². The Hall–Kier alpha value is -1.06. The molecule has 1 rings (SSSR count). The van der Waals surface area contributed by atoms with E-state index in [1.807, 2.05) is 0 Å². The topological polar surface area (TPSA) is 50.2 Å². The molecule has 0 fully saturated rings. The first-order chi connectivity index (χ1) is 6.65. The number of hydrogen-bond donors (Lipinski definition) is 1. The number of nitrogens with zero attached hydrogens (tertiary/aromatic N) is 1. The van der Waals surface area contributed by atoms with Crippen molar-refractivity contribution in [2.75, 3.05) is 5.88 Å². The molecule has 1 aromatic rings. The summed E-state index contributed by atoms with van der Waals surface area (Å²) in [6.07, 6.45) is 4.51. The molecule has 1 N–H and O–H groups in total. The van der Waals surface area contributed by atoms with E-state index >= 15 is 0 Å². The van der Waals surface area contributed by atoms with E-state index in [1.165, 1.54) is 12.3 Å². The van der Waals surface area contributed by atoms with Crippen LogP contribution in [0, 0.1) is 0 Å². The van der Waals surface area contributed by atoms with Gasteiger partial charge in [0.1, 0.15) is 5.15 Å². The van der Waals surface area contributed by atoms with Crippen molar-refractivity contribution in [2.45, 2.75) is 0 Å². The van der Waals surface area contributed by atoms with E-state index in [0.717, 1.165) is 0 Å². The normalized spacial score (nSPS) is 10.7. The molecule has 0 unspecified atom stereocenters. The van der Waals surface area contributed by atoms with Crippen LogP contribution in [0.25, 0.3) is 6.08 Å². The lowest BCUT2D eigenvalue weighted by molar-refractivity contribution is 0.0696. The first kappa shape index (κ1) is 11.0. The predicted molar refractivity (Wildman–Crippen MR) is 56.0 cm³/mol. The minimum absolute atomic E-state index is 0.101. The lowest BCUT2D eigenvalue weighted by Gasteiger charge is -1.98. The Morgan fingerprint density at radius 1 is 1.64 bits per heavy atom. The molecule has 0 aliphatic heterocycles. The van der Waals surface area contributed by atoms with Crippen molar-refractivity contribution in [3.05, 3.63) is 34.6 Å². The zero-order chi connectivity index (χ0) is 10.6. The first-order valence-electron chi connectivity index (χ1n) is 3.76. The zero-order valence-electron chi connectivity index (χ0n) is 7.08. The third-order valence-corrected chi connectivity index (χ3v) is 1.99. The van der Waals surface area contributed by atoms with E-state index in [4.69, 9.17) is 28.3 Å². The Balaban J connectivity index is 3.08. The first-order valence-corrected chi connectivity index (χ1v) is 4.67. The zero-order valence-corrected chi connectivity index (χ0v) is 8.59. The van der Waals surface area contributed by atoms with Crippen molar-refractivity contribution in [3.8, 4) is 0 Å². The molecule has 1 aromatic heterocycles. The Kier molecular flexibility index (Phi) is 3.92. The fourth-order valence-corrected chi connectivity index (χ4v) is 1.13. The second-order valence-electron chi connectivity index (χ2n) is 2.47. The Labute approximate surface area is 91.0 Å². The maximum absolute atomic E-state index is 10.6. The summed E-state index contributed by atoms with van der Waals surface area (Å²) in [5.74, 6) is -0.692. The summed E-state index contributed by atoms with van der Waals surface area (Å²) in [6.45, 7) is 0. The van der Waals surface area contributed by atoms with Crippen molar-refractivity contribution >= 4 is 35.2 Å². The van der Waals surface area contributed by atoms with Crippen molar-refractivity contribution in [3.63, 3.8) is 0 Å². The number of carbonyl (C=O) groups is 1. The van der Waals surface area contributed by atoms with Crippen molar-refractivity contribution in [1.29, 1.82) is 0 Å². The number of pyridine rings is 1. The number of carboxylic acid groups (broad SMARTS) is 1. The summed E-state index contributed by atoms with van der Waals surface area (Å²) in [6, 6.07) is 1.45. The fraction of sp³-hybridized carbons (Fsp3) is 0.111. The highest BCUT2D eigenvalue weighted by Gasteiger charge is 2.06. The van der Waals surface area contributed by atoms with E-state index in [-0.39, 0.29) is 10.7 Å². The number of alkyl halides is 1. The number of rotatable bonds is 3. The molecule has 0 atom stereocenters. The molecule has 1 heterocycles. The van der Waals surface area contributed by atoms with Gasteiger partial charge in [-0.15, -0.1) is 11.6 Å². The van der Waals surface area contributed by atoms with Gasteiger partial charge in [-0.25, -0.2) is 9.78 Å². The van der Waals surface area contributed by atoms with Crippen LogP contribution in [0.3, 0.4) is 0 Å². The number of allylic oxidation sites excluding steroid dienone is 1. The summed E-state index contributed by atoms with van der Waals surface area (Å²) >= 11 is 11.2. The van der Waals surface area contributed by atoms with Gasteiger partial charge in [0.2, 0.25) is 0 Å². The van der Waals surface area contributed by atoms with Gasteiger partial charge in [0.05, 0.1) is 5.56 Å². The Morgan fingerprint density at radius 2 is 2.36 bits per heavy atom. The van der Waals surface area contributed by atoms with Crippen LogP contribution < -0.4 is 0 Å². The van der Waals surface area contributed by atoms with Crippen LogP contribution in [0.5, 0.6) is 0 Å². The molecule has 3 nitrogen and oxygen atoms in total. The number of halogens is 2. The maximum atomic E-state index is 10.6. The molecule has 0 saturated heterocycles. The van der Waals surface area contributed by atoms with Gasteiger partial charge in [0.15, 0.2) is 0 Å². The summed E-state index contributed by atoms with van der Waals surface area (Å²) in [5.41, 5.74) is 0.649. The highest BCUT2D eigenvalue weighted by Crippen LogP contribution is 2.16. The van der Waals surface area contributed by atoms with Gasteiger partial charge in [0.25, 0.3) is 0 Å². The van der Waals surface area contributed by atoms with Gasteiger partial charge in [-0.1, -0.05) is 23.8 Å². The molecule has 0 bridgehead atoms. The predicted octanol–water partition coefficient (Wildman–Crippen LogP) is 2.69. The van der Waals surface area contributed by atoms with E-state index in [9.17, 15) is 4.79 Å². The molecular formula is C9H7Cl2NO2. The van der Waals surface area contributed by atoms with E-state index < -0.39 is 5.97 Å². The lowest BCUT2D eigenvalue weighted by atomic mass is 10.2. The minimum Gasteiger partial charge on any atom is -0.478 e. The van der Waals surface area contributed by atoms with Crippen LogP contribution in [0.15, 0.2) is 18.3 Å². The van der Waals surface area contributed by atoms with Gasteiger partial charge in [0, 0.05) is 17.6 Å². The summed E-state index contributed by atoms with van der Waals surface area (Å²) in [7, 11) is 0. The average Bonchev–Trinajstić information content (AvgIpc) is 2.16. The third kappa shape index (κ3) is 2.72. The molecule has 0 radical (unpaired) electrons. The molecule has 14 heavy (non-hydrogen) atoms. The van der Waals surface area contributed by atoms with Crippen LogP contribution in [0.2, 0.25) is 5.15 Å². The van der Waals surface area contributed by atoms with Crippen LogP contribution in [0.4, 0.5) is 0 Å². The van der Waals surface area contributed by atoms with Crippen LogP contribution in [0.1, 0.15) is 15.9 Å². The molecule has 0 amide bonds. The van der Waals surface area contributed by atoms with E-state index in [2.05, 4.69) is 4.98 Å². The highest BCUT2D eigenvalue weighted by atomic mass is 35.5. The Bertz CT molecular complexity index is 377. The highest BCUT2D eigenvalue weighted by molar-refractivity contribution is 6.31. The number of aromatic nitrogens is 1. The fourth-order valence-electron chi connectivity index (χ4n) is 0.870. The average molecular weight is 232 g/mol. The largest absolute Gasteiger partial charge is 0.478 e. The quantitative estimate of drug-likeness (QED) is 0.643. The molecule has 0 saturated carbocycles. The van der Waals surface area contributed by atoms with Gasteiger partial charge in [-0.05, 0) is 6.07 Å². The number of carboxylic acids is 1. The van der Waals surface area contributed by atoms with Gasteiger partial charge in [-0.2, -0.15) is 0 Å². The molecule has 74 valence electrons. The van der Waals surface area contributed by atoms with Gasteiger partial charge >= 0.3 is 5.97 Å². The molecular weight excluding hydrogens is 225 g/mol. The molecule has 0 spiro atoms. The number of hydrogen-bond acceptors (Lipinski definition) is 2. The second-order valence-corrected chi connectivity index (χ2v) is 3.13. The van der Waals surface area contributed by atoms with Crippen molar-refractivity contribution in [2.24, 2.45) is 0 Å². The molecule has 0 aliphatic carbocycles. The van der Waals surface area contributed by atoms with Gasteiger partial charge in [-0.3, -0.25) is 0 Å². The summed E-state index contributed by atoms with van der Waals surface area (Å²) in [4.78, 5) is 14.3. The van der Waals surface area contributed by atoms with Crippen molar-refractivity contribution < 1.29 is 9.90 Å². The maximum Gasteiger partial charge on any atom is 0.337 e. The standard InChI is InChI=1S/C9H7Cl2NO2/c10-3-1-2-6-4-7(9(13)14)5-12-8(6)11/h1-2,4-5H,3H2,(H,13,14). The monoisotopic (exact) mass is 231 g/mol. The smallest absolute Gasteiger partial charge is 0.337 e. The SMILES string of the molecule is O=C(O)c1cnc(Cl)c(C=CCCl)c1. The second kappa shape index (κ2) is 4.98. The molecule has 0 aromatic carbocycles. The van der Waals surface area contributed by atoms with E-state index in [0.29, 0.717) is 11.4 Å². The Morgan fingerprint density at radius 3 is 2.93 bits per heavy atom. The minimum atomic E-state index is -1.03. The number of aromatic carboxylic acids is 1. The third-order valence-electron chi connectivity index (χ3n) is 1.50. The summed E-state index contributed by atoms with van der Waals surface area (Å²) < 4.78 is 0. The van der Waals surface area contributed by atoms with Gasteiger partial charge < -0.3 is 5.11 Å². The van der Waals surface area contributed by atoms with Crippen LogP contribution >= 0.6 is 23.2 Å². The van der Waals surface area contributed by atoms with Crippen LogP contribution in [-0.2, 0) is 0 Å². The van der Waals surface area contributed by atoms with Crippen molar-refractivity contribution in [1.82, 2.24) is 4.98 Å². The molecule has 5 heteroatoms. The van der Waals surface area contributed by atoms with Crippen LogP contribution in [-0.4, -0.2) is 21.9 Å². The summed E-state index contributed by atoms with van der Waals surface area (Å²) in [5, 5.41) is 8.95. The molecule has 0 aliphatic rings.